The topological polar surface area (TPSA) is 115 Å². The summed E-state index contributed by atoms with van der Waals surface area (Å²) < 4.78 is 5.30. The Hall–Kier alpha value is -5.06. The van der Waals surface area contributed by atoms with Crippen molar-refractivity contribution >= 4 is 35.1 Å². The summed E-state index contributed by atoms with van der Waals surface area (Å²) in [4.78, 5) is 47.3. The highest BCUT2D eigenvalue weighted by molar-refractivity contribution is 7.15. The molecule has 266 valence electrons. The summed E-state index contributed by atoms with van der Waals surface area (Å²) in [5.74, 6) is -0.843. The molecule has 6 heterocycles. The van der Waals surface area contributed by atoms with E-state index in [9.17, 15) is 14.7 Å². The van der Waals surface area contributed by atoms with Crippen molar-refractivity contribution < 1.29 is 19.4 Å². The summed E-state index contributed by atoms with van der Waals surface area (Å²) in [6, 6.07) is 23.0. The van der Waals surface area contributed by atoms with Crippen molar-refractivity contribution in [3.63, 3.8) is 0 Å². The Morgan fingerprint density at radius 3 is 1.75 bits per heavy atom. The number of nitrogens with zero attached hydrogens (tertiary/aromatic N) is 4. The van der Waals surface area contributed by atoms with E-state index in [0.29, 0.717) is 34.9 Å². The summed E-state index contributed by atoms with van der Waals surface area (Å²) in [5, 5.41) is 9.59. The Labute approximate surface area is 312 Å². The van der Waals surface area contributed by atoms with Crippen LogP contribution in [0.4, 0.5) is 0 Å². The van der Waals surface area contributed by atoms with E-state index in [-0.39, 0.29) is 11.3 Å². The number of carbonyl (C=O) groups is 2. The molecular formula is C42H42N4O4S2. The molecule has 0 aromatic carbocycles. The van der Waals surface area contributed by atoms with Crippen LogP contribution in [0.25, 0.3) is 55.0 Å². The SMILES string of the molecule is CCCCCCc1ccc(-c2ccnc(-c3cc(-c4ccc(CCCCCC)s4)cc(-c4cc(OC=O)cc(-c5cc(C(=O)O)ccn5)n4)n3)c2)s1. The number of unbranched alkanes of at least 4 members (excludes halogenated alkanes) is 6. The molecule has 6 aromatic rings. The van der Waals surface area contributed by atoms with Crippen LogP contribution in [0.1, 0.15) is 85.3 Å². The fourth-order valence-electron chi connectivity index (χ4n) is 6.04. The zero-order valence-corrected chi connectivity index (χ0v) is 31.1. The van der Waals surface area contributed by atoms with E-state index in [2.05, 4.69) is 55.2 Å². The van der Waals surface area contributed by atoms with Gasteiger partial charge < -0.3 is 9.84 Å². The first-order chi connectivity index (χ1) is 25.4. The molecule has 0 aliphatic heterocycles. The Bertz CT molecular complexity index is 2140. The van der Waals surface area contributed by atoms with Gasteiger partial charge in [-0.3, -0.25) is 14.8 Å². The lowest BCUT2D eigenvalue weighted by Gasteiger charge is -2.11. The molecule has 6 aromatic heterocycles. The number of carboxylic acids is 1. The maximum Gasteiger partial charge on any atom is 0.335 e. The van der Waals surface area contributed by atoms with E-state index in [1.807, 2.05) is 29.7 Å². The van der Waals surface area contributed by atoms with Gasteiger partial charge in [-0.25, -0.2) is 14.8 Å². The molecule has 0 atom stereocenters. The summed E-state index contributed by atoms with van der Waals surface area (Å²) in [5.41, 5.74) is 5.20. The number of aryl methyl sites for hydroxylation is 2. The molecule has 0 bridgehead atoms. The second-order valence-electron chi connectivity index (χ2n) is 12.7. The normalized spacial score (nSPS) is 11.1. The van der Waals surface area contributed by atoms with Gasteiger partial charge in [-0.1, -0.05) is 52.4 Å². The molecule has 8 nitrogen and oxygen atoms in total. The van der Waals surface area contributed by atoms with Gasteiger partial charge in [0.15, 0.2) is 0 Å². The number of carboxylic acid groups (broad SMARTS) is 1. The average Bonchev–Trinajstić information content (AvgIpc) is 3.86. The molecule has 0 aliphatic rings. The van der Waals surface area contributed by atoms with Crippen molar-refractivity contribution in [3.05, 3.63) is 101 Å². The van der Waals surface area contributed by atoms with E-state index in [1.54, 1.807) is 23.5 Å². The lowest BCUT2D eigenvalue weighted by atomic mass is 10.1. The quantitative estimate of drug-likeness (QED) is 0.0686. The number of hydrogen-bond acceptors (Lipinski definition) is 9. The summed E-state index contributed by atoms with van der Waals surface area (Å²) in [6.45, 7) is 4.81. The molecule has 1 N–H and O–H groups in total. The first kappa shape index (κ1) is 36.7. The van der Waals surface area contributed by atoms with Gasteiger partial charge >= 0.3 is 5.97 Å². The second kappa shape index (κ2) is 17.9. The minimum absolute atomic E-state index is 0.0703. The molecule has 0 fully saturated rings. The molecule has 52 heavy (non-hydrogen) atoms. The number of aromatic carboxylic acids is 1. The number of hydrogen-bond donors (Lipinski definition) is 1. The van der Waals surface area contributed by atoms with Crippen molar-refractivity contribution in [2.24, 2.45) is 0 Å². The Kier molecular flexibility index (Phi) is 12.7. The van der Waals surface area contributed by atoms with Gasteiger partial charge in [0.1, 0.15) is 5.75 Å². The van der Waals surface area contributed by atoms with Crippen LogP contribution < -0.4 is 4.74 Å². The van der Waals surface area contributed by atoms with Crippen LogP contribution in [-0.4, -0.2) is 37.5 Å². The first-order valence-corrected chi connectivity index (χ1v) is 19.6. The predicted molar refractivity (Wildman–Crippen MR) is 210 cm³/mol. The van der Waals surface area contributed by atoms with Crippen LogP contribution in [0.5, 0.6) is 5.75 Å². The summed E-state index contributed by atoms with van der Waals surface area (Å²) >= 11 is 3.60. The van der Waals surface area contributed by atoms with Gasteiger partial charge in [-0.2, -0.15) is 0 Å². The molecule has 0 spiro atoms. The standard InChI is InChI=1S/C42H42N4O4S2/c1-3-5-7-9-11-32-13-15-40(51-32)28-17-19-43-34(21-28)36-23-30(41-16-14-33(52-41)12-10-8-6-4-2)24-37(45-36)39-26-31(50-27-47)25-38(46-39)35-22-29(42(48)49)18-20-44-35/h13-27H,3-12H2,1-2H3,(H,48,49). The highest BCUT2D eigenvalue weighted by atomic mass is 32.1. The summed E-state index contributed by atoms with van der Waals surface area (Å²) in [6.07, 6.45) is 15.2. The van der Waals surface area contributed by atoms with Gasteiger partial charge in [-0.05, 0) is 97.5 Å². The van der Waals surface area contributed by atoms with Crippen LogP contribution in [0.2, 0.25) is 0 Å². The molecule has 0 unspecified atom stereocenters. The number of ether oxygens (including phenoxy) is 1. The van der Waals surface area contributed by atoms with Crippen molar-refractivity contribution in [2.75, 3.05) is 0 Å². The van der Waals surface area contributed by atoms with Gasteiger partial charge in [-0.15, -0.1) is 22.7 Å². The Morgan fingerprint density at radius 1 is 0.635 bits per heavy atom. The highest BCUT2D eigenvalue weighted by Gasteiger charge is 2.17. The van der Waals surface area contributed by atoms with Gasteiger partial charge in [0, 0.05) is 44.0 Å². The van der Waals surface area contributed by atoms with Gasteiger partial charge in [0.25, 0.3) is 6.47 Å². The second-order valence-corrected chi connectivity index (χ2v) is 15.1. The van der Waals surface area contributed by atoms with Crippen LogP contribution in [0.15, 0.2) is 85.2 Å². The van der Waals surface area contributed by atoms with Crippen molar-refractivity contribution in [1.82, 2.24) is 19.9 Å². The number of pyridine rings is 4. The molecule has 0 radical (unpaired) electrons. The van der Waals surface area contributed by atoms with Gasteiger partial charge in [0.05, 0.1) is 39.7 Å². The maximum absolute atomic E-state index is 11.7. The van der Waals surface area contributed by atoms with Crippen molar-refractivity contribution in [3.8, 4) is 60.8 Å². The predicted octanol–water partition coefficient (Wildman–Crippen LogP) is 11.2. The first-order valence-electron chi connectivity index (χ1n) is 17.9. The maximum atomic E-state index is 11.7. The minimum atomic E-state index is -1.08. The van der Waals surface area contributed by atoms with E-state index in [4.69, 9.17) is 19.7 Å². The fraction of sp³-hybridized carbons (Fsp3) is 0.286. The molecule has 0 aliphatic carbocycles. The Morgan fingerprint density at radius 2 is 1.15 bits per heavy atom. The lowest BCUT2D eigenvalue weighted by molar-refractivity contribution is -0.120. The average molecular weight is 731 g/mol. The molecule has 0 saturated carbocycles. The van der Waals surface area contributed by atoms with Gasteiger partial charge in [0.2, 0.25) is 0 Å². The molecule has 10 heteroatoms. The monoisotopic (exact) mass is 730 g/mol. The van der Waals surface area contributed by atoms with Crippen LogP contribution >= 0.6 is 22.7 Å². The van der Waals surface area contributed by atoms with E-state index < -0.39 is 5.97 Å². The largest absolute Gasteiger partial charge is 0.478 e. The van der Waals surface area contributed by atoms with E-state index in [1.165, 1.54) is 77.9 Å². The third-order valence-corrected chi connectivity index (χ3v) is 11.2. The number of thiophene rings is 2. The number of carbonyl (C=O) groups excluding carboxylic acids is 1. The zero-order valence-electron chi connectivity index (χ0n) is 29.5. The van der Waals surface area contributed by atoms with Crippen molar-refractivity contribution in [2.45, 2.75) is 78.1 Å². The number of aromatic nitrogens is 4. The molecule has 6 rings (SSSR count). The third kappa shape index (κ3) is 9.43. The molecule has 0 saturated heterocycles. The minimum Gasteiger partial charge on any atom is -0.478 e. The molecular weight excluding hydrogens is 689 g/mol. The van der Waals surface area contributed by atoms with Crippen molar-refractivity contribution in [1.29, 1.82) is 0 Å². The Balaban J connectivity index is 1.41. The smallest absolute Gasteiger partial charge is 0.335 e. The van der Waals surface area contributed by atoms with Crippen LogP contribution in [-0.2, 0) is 17.6 Å². The fourth-order valence-corrected chi connectivity index (χ4v) is 8.12. The zero-order chi connectivity index (χ0) is 36.3. The number of rotatable bonds is 18. The lowest BCUT2D eigenvalue weighted by Crippen LogP contribution is -2.00. The third-order valence-electron chi connectivity index (χ3n) is 8.81. The van der Waals surface area contributed by atoms with Crippen LogP contribution in [0.3, 0.4) is 0 Å². The van der Waals surface area contributed by atoms with E-state index in [0.717, 1.165) is 41.0 Å². The molecule has 0 amide bonds. The van der Waals surface area contributed by atoms with Crippen LogP contribution in [0, 0.1) is 0 Å². The summed E-state index contributed by atoms with van der Waals surface area (Å²) in [7, 11) is 0. The van der Waals surface area contributed by atoms with E-state index >= 15 is 0 Å². The highest BCUT2D eigenvalue weighted by Crippen LogP contribution is 2.37.